The van der Waals surface area contributed by atoms with Crippen LogP contribution in [-0.4, -0.2) is 12.0 Å². The van der Waals surface area contributed by atoms with Crippen LogP contribution in [0.25, 0.3) is 12.2 Å². The van der Waals surface area contributed by atoms with E-state index in [0.29, 0.717) is 6.04 Å². The molecule has 0 saturated heterocycles. The third kappa shape index (κ3) is 4.97. The van der Waals surface area contributed by atoms with Crippen molar-refractivity contribution in [3.63, 3.8) is 0 Å². The van der Waals surface area contributed by atoms with Gasteiger partial charge in [-0.05, 0) is 0 Å². The number of halogens is 5. The van der Waals surface area contributed by atoms with Gasteiger partial charge in [-0.3, -0.25) is 0 Å². The van der Waals surface area contributed by atoms with Crippen molar-refractivity contribution in [3.05, 3.63) is 81.9 Å². The van der Waals surface area contributed by atoms with E-state index >= 15 is 0 Å². The van der Waals surface area contributed by atoms with Crippen LogP contribution in [0.15, 0.2) is 59.7 Å². The summed E-state index contributed by atoms with van der Waals surface area (Å²) in [5.74, 6) is -1.58. The fraction of sp³-hybridized carbons (Fsp3) is 0.360. The van der Waals surface area contributed by atoms with E-state index in [2.05, 4.69) is 81.1 Å². The van der Waals surface area contributed by atoms with Gasteiger partial charge < -0.3 is 0 Å². The van der Waals surface area contributed by atoms with Gasteiger partial charge in [0.25, 0.3) is 0 Å². The number of fused-ring (bicyclic) bond motifs is 2. The van der Waals surface area contributed by atoms with Crippen molar-refractivity contribution in [3.8, 4) is 0 Å². The molecule has 2 aromatic carbocycles. The molecule has 0 fully saturated rings. The van der Waals surface area contributed by atoms with Gasteiger partial charge in [0.1, 0.15) is 0 Å². The van der Waals surface area contributed by atoms with Gasteiger partial charge in [-0.25, -0.2) is 0 Å². The summed E-state index contributed by atoms with van der Waals surface area (Å²) >= 11 is 13.7. The zero-order chi connectivity index (χ0) is 24.0. The van der Waals surface area contributed by atoms with Gasteiger partial charge in [-0.15, -0.1) is 0 Å². The third-order valence-electron chi connectivity index (χ3n) is 7.68. The van der Waals surface area contributed by atoms with Gasteiger partial charge in [0.05, 0.1) is 0 Å². The minimum absolute atomic E-state index is 0.158. The molecule has 8 heteroatoms. The first kappa shape index (κ1) is 26.7. The normalized spacial score (nSPS) is 22.1. The molecule has 2 aliphatic carbocycles. The Hall–Kier alpha value is 0.674. The van der Waals surface area contributed by atoms with Crippen molar-refractivity contribution in [1.82, 2.24) is 0 Å². The predicted octanol–water partition coefficient (Wildman–Crippen LogP) is 10.1. The molecule has 2 aromatic rings. The Morgan fingerprint density at radius 1 is 0.788 bits per heavy atom. The Kier molecular flexibility index (Phi) is 7.98. The predicted molar refractivity (Wildman–Crippen MR) is 153 cm³/mol. The minimum atomic E-state index is -4.73. The van der Waals surface area contributed by atoms with Gasteiger partial charge in [-0.1, -0.05) is 0 Å². The van der Waals surface area contributed by atoms with Gasteiger partial charge in [0.2, 0.25) is 0 Å². The molecule has 0 bridgehead atoms. The third-order valence-corrected chi connectivity index (χ3v) is 81.2. The quantitative estimate of drug-likeness (QED) is 0.144. The number of hydrogen-bond donors (Lipinski definition) is 0. The molecular weight excluding hydrogens is 712 g/mol. The maximum atomic E-state index is 8.27. The average molecular weight is 742 g/mol. The molecule has 0 radical (unpaired) electrons. The zero-order valence-electron chi connectivity index (χ0n) is 19.2. The SMILES string of the molecule is CC1=Cc2ccccc2[CH]1[Hf]([Cl])([Cl])([CH]1C(C)=Cc2ccccc21)[SiH](C)CCCC[Si](Cl)(Cl)Cl. The topological polar surface area (TPSA) is 0 Å². The van der Waals surface area contributed by atoms with E-state index in [1.807, 2.05) is 0 Å². The first-order chi connectivity index (χ1) is 15.4. The molecule has 0 amide bonds. The van der Waals surface area contributed by atoms with Crippen LogP contribution < -0.4 is 0 Å². The summed E-state index contributed by atoms with van der Waals surface area (Å²) in [5.41, 5.74) is 7.89. The van der Waals surface area contributed by atoms with Crippen molar-refractivity contribution in [2.75, 3.05) is 0 Å². The van der Waals surface area contributed by atoms with Gasteiger partial charge in [0, 0.05) is 0 Å². The molecule has 0 nitrogen and oxygen atoms in total. The van der Waals surface area contributed by atoms with Crippen molar-refractivity contribution in [2.45, 2.75) is 52.7 Å². The van der Waals surface area contributed by atoms with Crippen LogP contribution >= 0.6 is 50.4 Å². The summed E-state index contributed by atoms with van der Waals surface area (Å²) in [4.78, 5) is 0. The second kappa shape index (κ2) is 9.85. The molecule has 0 aliphatic heterocycles. The first-order valence-electron chi connectivity index (χ1n) is 11.6. The molecule has 33 heavy (non-hydrogen) atoms. The molecule has 0 aromatic heterocycles. The van der Waals surface area contributed by atoms with E-state index in [0.717, 1.165) is 18.9 Å². The summed E-state index contributed by atoms with van der Waals surface area (Å²) in [6.45, 7) is 6.91. The Morgan fingerprint density at radius 2 is 1.24 bits per heavy atom. The Balaban J connectivity index is 1.80. The van der Waals surface area contributed by atoms with Gasteiger partial charge >= 0.3 is 224 Å². The second-order valence-electron chi connectivity index (χ2n) is 9.89. The fourth-order valence-electron chi connectivity index (χ4n) is 6.21. The first-order valence-corrected chi connectivity index (χ1v) is 38.7. The van der Waals surface area contributed by atoms with Crippen LogP contribution in [0, 0.1) is 0 Å². The van der Waals surface area contributed by atoms with Crippen LogP contribution in [0.1, 0.15) is 56.3 Å². The van der Waals surface area contributed by atoms with Crippen LogP contribution in [0.3, 0.4) is 0 Å². The van der Waals surface area contributed by atoms with E-state index in [-0.39, 0.29) is 7.35 Å². The molecular formula is C25H30Cl5HfSi2. The van der Waals surface area contributed by atoms with Crippen molar-refractivity contribution >= 4 is 74.5 Å². The van der Waals surface area contributed by atoms with Crippen molar-refractivity contribution < 1.29 is 15.3 Å². The number of unbranched alkanes of at least 4 members (excludes halogenated alkanes) is 1. The van der Waals surface area contributed by atoms with E-state index in [1.54, 1.807) is 0 Å². The number of allylic oxidation sites excluding steroid dienone is 2. The molecule has 0 saturated carbocycles. The molecule has 177 valence electrons. The van der Waals surface area contributed by atoms with Crippen molar-refractivity contribution in [2.24, 2.45) is 0 Å². The second-order valence-corrected chi connectivity index (χ2v) is 76.7. The number of benzene rings is 2. The summed E-state index contributed by atoms with van der Waals surface area (Å²) in [7, 11) is 16.5. The zero-order valence-corrected chi connectivity index (χ0v) is 28.8. The molecule has 2 aliphatic rings. The monoisotopic (exact) mass is 741 g/mol. The molecule has 0 spiro atoms. The van der Waals surface area contributed by atoms with Crippen LogP contribution in [0.2, 0.25) is 18.6 Å². The fourth-order valence-corrected chi connectivity index (χ4v) is 67.4. The summed E-state index contributed by atoms with van der Waals surface area (Å²) in [6.07, 6.45) is 6.60. The molecule has 0 heterocycles. The maximum absolute atomic E-state index is 8.27. The Morgan fingerprint density at radius 3 is 1.70 bits per heavy atom. The molecule has 4 rings (SSSR count). The van der Waals surface area contributed by atoms with E-state index in [1.165, 1.54) is 33.4 Å². The molecule has 3 atom stereocenters. The van der Waals surface area contributed by atoms with Crippen LogP contribution in [-0.2, 0) is 15.3 Å². The molecule has 3 unspecified atom stereocenters. The summed E-state index contributed by atoms with van der Waals surface area (Å²) in [5, 5.41) is 0. The van der Waals surface area contributed by atoms with E-state index in [9.17, 15) is 0 Å². The Labute approximate surface area is 222 Å². The number of hydrogen-bond acceptors (Lipinski definition) is 0. The summed E-state index contributed by atoms with van der Waals surface area (Å²) in [6, 6.07) is 16.6. The summed E-state index contributed by atoms with van der Waals surface area (Å²) < 4.78 is 0.315. The standard InChI is InChI=1S/2C10H9.C5H12Cl3Si2.2ClH.Hf/c2*1-8-6-9-4-2-3-5-10(9)7-8;1-9-4-2-3-5-10(6,7)8;;;/h2*2-7H,1H3;9H,2-5H2,1H3;2*1H;/q;;;;;+2/p-2. The van der Waals surface area contributed by atoms with E-state index < -0.39 is 27.3 Å². The van der Waals surface area contributed by atoms with Crippen LogP contribution in [0.4, 0.5) is 0 Å². The Bertz CT molecular complexity index is 1050. The van der Waals surface area contributed by atoms with Gasteiger partial charge in [0.15, 0.2) is 0 Å². The number of rotatable bonds is 8. The van der Waals surface area contributed by atoms with E-state index in [4.69, 9.17) is 50.4 Å². The van der Waals surface area contributed by atoms with Gasteiger partial charge in [-0.2, -0.15) is 0 Å². The average Bonchev–Trinajstić information content (AvgIpc) is 3.26. The molecule has 0 N–H and O–H groups in total. The van der Waals surface area contributed by atoms with Crippen LogP contribution in [0.5, 0.6) is 0 Å². The van der Waals surface area contributed by atoms with Crippen molar-refractivity contribution in [1.29, 1.82) is 0 Å².